The molecule has 2 saturated heterocycles. The summed E-state index contributed by atoms with van der Waals surface area (Å²) in [7, 11) is 1.62. The summed E-state index contributed by atoms with van der Waals surface area (Å²) in [5.41, 5.74) is 1.42. The number of nitrogens with one attached hydrogen (secondary N) is 1. The number of amides is 2. The van der Waals surface area contributed by atoms with Gasteiger partial charge in [0.05, 0.1) is 19.3 Å². The zero-order chi connectivity index (χ0) is 22.5. The lowest BCUT2D eigenvalue weighted by Gasteiger charge is -2.38. The third kappa shape index (κ3) is 5.08. The van der Waals surface area contributed by atoms with Crippen molar-refractivity contribution in [2.75, 3.05) is 26.7 Å². The van der Waals surface area contributed by atoms with Crippen LogP contribution in [-0.4, -0.2) is 76.6 Å². The Hall–Kier alpha value is -2.97. The molecule has 2 aromatic rings. The fraction of sp³-hybridized carbons (Fsp3) is 0.458. The third-order valence-electron chi connectivity index (χ3n) is 6.33. The molecule has 8 heteroatoms. The lowest BCUT2D eigenvalue weighted by molar-refractivity contribution is -0.126. The lowest BCUT2D eigenvalue weighted by Crippen LogP contribution is -2.52. The average Bonchev–Trinajstić information content (AvgIpc) is 3.24. The molecule has 2 N–H and O–H groups in total. The van der Waals surface area contributed by atoms with E-state index in [2.05, 4.69) is 15.2 Å². The van der Waals surface area contributed by atoms with Crippen LogP contribution in [0.2, 0.25) is 0 Å². The zero-order valence-electron chi connectivity index (χ0n) is 18.3. The standard InChI is InChI=1S/C24H30N4O4/c1-32-20-6-4-5-17(13-20)15-26-23(30)22-14-19(29)16-28(22)18-8-11-27(12-9-18)24(31)21-7-2-3-10-25-21/h2-7,10,13,18-19,22,29H,8-9,11-12,14-16H2,1H3,(H,26,30)/t19-,22+/m1/s1. The molecule has 3 heterocycles. The highest BCUT2D eigenvalue weighted by atomic mass is 16.5. The summed E-state index contributed by atoms with van der Waals surface area (Å²) in [5.74, 6) is 0.621. The van der Waals surface area contributed by atoms with Gasteiger partial charge in [0.25, 0.3) is 5.91 Å². The second-order valence-electron chi connectivity index (χ2n) is 8.41. The van der Waals surface area contributed by atoms with Gasteiger partial charge in [-0.15, -0.1) is 0 Å². The van der Waals surface area contributed by atoms with Crippen molar-refractivity contribution >= 4 is 11.8 Å². The number of hydrogen-bond acceptors (Lipinski definition) is 6. The summed E-state index contributed by atoms with van der Waals surface area (Å²) in [6.45, 7) is 2.12. The molecule has 0 saturated carbocycles. The number of aliphatic hydroxyl groups excluding tert-OH is 1. The molecule has 2 aliphatic heterocycles. The first-order chi connectivity index (χ1) is 15.5. The Morgan fingerprint density at radius 2 is 2.00 bits per heavy atom. The third-order valence-corrected chi connectivity index (χ3v) is 6.33. The summed E-state index contributed by atoms with van der Waals surface area (Å²) < 4.78 is 5.24. The van der Waals surface area contributed by atoms with Gasteiger partial charge in [0.1, 0.15) is 11.4 Å². The number of ether oxygens (including phenoxy) is 1. The molecule has 1 aromatic carbocycles. The fourth-order valence-corrected chi connectivity index (χ4v) is 4.64. The first-order valence-corrected chi connectivity index (χ1v) is 11.1. The topological polar surface area (TPSA) is 95.0 Å². The van der Waals surface area contributed by atoms with Gasteiger partial charge in [-0.3, -0.25) is 19.5 Å². The Kier molecular flexibility index (Phi) is 7.02. The van der Waals surface area contributed by atoms with Gasteiger partial charge in [0.15, 0.2) is 0 Å². The van der Waals surface area contributed by atoms with Crippen LogP contribution in [0.25, 0.3) is 0 Å². The number of rotatable bonds is 6. The van der Waals surface area contributed by atoms with Crippen LogP contribution in [0.15, 0.2) is 48.7 Å². The number of aromatic nitrogens is 1. The smallest absolute Gasteiger partial charge is 0.272 e. The number of piperidine rings is 1. The van der Waals surface area contributed by atoms with Crippen molar-refractivity contribution in [1.82, 2.24) is 20.1 Å². The van der Waals surface area contributed by atoms with E-state index >= 15 is 0 Å². The van der Waals surface area contributed by atoms with Gasteiger partial charge in [0, 0.05) is 38.4 Å². The van der Waals surface area contributed by atoms with Crippen LogP contribution in [0, 0.1) is 0 Å². The molecule has 0 bridgehead atoms. The minimum absolute atomic E-state index is 0.0573. The summed E-state index contributed by atoms with van der Waals surface area (Å²) >= 11 is 0. The molecule has 2 atom stereocenters. The summed E-state index contributed by atoms with van der Waals surface area (Å²) in [4.78, 5) is 33.7. The molecule has 0 unspecified atom stereocenters. The van der Waals surface area contributed by atoms with E-state index in [9.17, 15) is 14.7 Å². The number of carbonyl (C=O) groups is 2. The van der Waals surface area contributed by atoms with Crippen LogP contribution in [0.5, 0.6) is 5.75 Å². The molecular weight excluding hydrogens is 408 g/mol. The predicted octanol–water partition coefficient (Wildman–Crippen LogP) is 1.45. The number of nitrogens with zero attached hydrogens (tertiary/aromatic N) is 3. The molecular formula is C24H30N4O4. The van der Waals surface area contributed by atoms with Gasteiger partial charge in [-0.1, -0.05) is 18.2 Å². The number of β-amino-alcohol motifs (C(OH)–C–C–N with tert-alkyl or cyclic N) is 1. The van der Waals surface area contributed by atoms with Gasteiger partial charge >= 0.3 is 0 Å². The maximum absolute atomic E-state index is 13.0. The number of methoxy groups -OCH3 is 1. The monoisotopic (exact) mass is 438 g/mol. The molecule has 0 aliphatic carbocycles. The van der Waals surface area contributed by atoms with E-state index in [1.54, 1.807) is 25.4 Å². The van der Waals surface area contributed by atoms with Gasteiger partial charge in [-0.2, -0.15) is 0 Å². The van der Waals surface area contributed by atoms with Crippen LogP contribution in [-0.2, 0) is 11.3 Å². The molecule has 0 spiro atoms. The van der Waals surface area contributed by atoms with E-state index < -0.39 is 6.10 Å². The molecule has 2 aliphatic rings. The average molecular weight is 439 g/mol. The van der Waals surface area contributed by atoms with Crippen LogP contribution in [0.3, 0.4) is 0 Å². The molecule has 2 fully saturated rings. The number of benzene rings is 1. The normalized spacial score (nSPS) is 22.0. The van der Waals surface area contributed by atoms with Gasteiger partial charge in [-0.25, -0.2) is 0 Å². The Bertz CT molecular complexity index is 931. The zero-order valence-corrected chi connectivity index (χ0v) is 18.3. The molecule has 1 aromatic heterocycles. The number of pyridine rings is 1. The van der Waals surface area contributed by atoms with Crippen molar-refractivity contribution in [3.63, 3.8) is 0 Å². The first kappa shape index (κ1) is 22.2. The lowest BCUT2D eigenvalue weighted by atomic mass is 10.0. The van der Waals surface area contributed by atoms with Crippen molar-refractivity contribution in [1.29, 1.82) is 0 Å². The SMILES string of the molecule is COc1cccc(CNC(=O)[C@@H]2C[C@@H](O)CN2C2CCN(C(=O)c3ccccn3)CC2)c1. The summed E-state index contributed by atoms with van der Waals surface area (Å²) in [6, 6.07) is 12.7. The first-order valence-electron chi connectivity index (χ1n) is 11.1. The van der Waals surface area contributed by atoms with E-state index in [1.807, 2.05) is 35.2 Å². The largest absolute Gasteiger partial charge is 0.497 e. The maximum Gasteiger partial charge on any atom is 0.272 e. The van der Waals surface area contributed by atoms with Crippen LogP contribution >= 0.6 is 0 Å². The second kappa shape index (κ2) is 10.1. The van der Waals surface area contributed by atoms with E-state index in [0.29, 0.717) is 38.3 Å². The van der Waals surface area contributed by atoms with Crippen LogP contribution in [0.4, 0.5) is 0 Å². The van der Waals surface area contributed by atoms with Crippen molar-refractivity contribution in [3.05, 3.63) is 59.9 Å². The van der Waals surface area contributed by atoms with Crippen LogP contribution < -0.4 is 10.1 Å². The molecule has 0 radical (unpaired) electrons. The Labute approximate surface area is 188 Å². The van der Waals surface area contributed by atoms with Gasteiger partial charge in [0.2, 0.25) is 5.91 Å². The minimum atomic E-state index is -0.518. The number of likely N-dealkylation sites (tertiary alicyclic amines) is 2. The second-order valence-corrected chi connectivity index (χ2v) is 8.41. The number of carbonyl (C=O) groups excluding carboxylic acids is 2. The Morgan fingerprint density at radius 1 is 1.19 bits per heavy atom. The highest BCUT2D eigenvalue weighted by Gasteiger charge is 2.41. The number of hydrogen-bond donors (Lipinski definition) is 2. The molecule has 170 valence electrons. The predicted molar refractivity (Wildman–Crippen MR) is 119 cm³/mol. The van der Waals surface area contributed by atoms with Crippen molar-refractivity contribution in [2.24, 2.45) is 0 Å². The highest BCUT2D eigenvalue weighted by molar-refractivity contribution is 5.92. The highest BCUT2D eigenvalue weighted by Crippen LogP contribution is 2.27. The maximum atomic E-state index is 13.0. The summed E-state index contributed by atoms with van der Waals surface area (Å²) in [5, 5.41) is 13.3. The quantitative estimate of drug-likeness (QED) is 0.709. The molecule has 2 amide bonds. The fourth-order valence-electron chi connectivity index (χ4n) is 4.64. The Balaban J connectivity index is 1.33. The van der Waals surface area contributed by atoms with Crippen molar-refractivity contribution in [2.45, 2.75) is 44.0 Å². The minimum Gasteiger partial charge on any atom is -0.497 e. The molecule has 8 nitrogen and oxygen atoms in total. The van der Waals surface area contributed by atoms with Crippen LogP contribution in [0.1, 0.15) is 35.3 Å². The molecule has 32 heavy (non-hydrogen) atoms. The van der Waals surface area contributed by atoms with Crippen molar-refractivity contribution in [3.8, 4) is 5.75 Å². The Morgan fingerprint density at radius 3 is 2.72 bits per heavy atom. The van der Waals surface area contributed by atoms with E-state index in [1.165, 1.54) is 0 Å². The van der Waals surface area contributed by atoms with Crippen molar-refractivity contribution < 1.29 is 19.4 Å². The van der Waals surface area contributed by atoms with Gasteiger partial charge < -0.3 is 20.1 Å². The number of aliphatic hydroxyl groups is 1. The van der Waals surface area contributed by atoms with E-state index in [-0.39, 0.29) is 23.9 Å². The van der Waals surface area contributed by atoms with Gasteiger partial charge in [-0.05, 0) is 49.1 Å². The van der Waals surface area contributed by atoms with E-state index in [4.69, 9.17) is 4.74 Å². The van der Waals surface area contributed by atoms with E-state index in [0.717, 1.165) is 24.2 Å². The molecule has 4 rings (SSSR count). The summed E-state index contributed by atoms with van der Waals surface area (Å²) in [6.07, 6.45) is 3.07.